The van der Waals surface area contributed by atoms with Gasteiger partial charge >= 0.3 is 0 Å². The molecule has 0 fully saturated rings. The van der Waals surface area contributed by atoms with Crippen LogP contribution in [-0.4, -0.2) is 4.98 Å². The molecule has 266 valence electrons. The van der Waals surface area contributed by atoms with Crippen molar-refractivity contribution in [2.45, 2.75) is 0 Å². The van der Waals surface area contributed by atoms with Gasteiger partial charge in [-0.1, -0.05) is 146 Å². The first kappa shape index (κ1) is 32.1. The van der Waals surface area contributed by atoms with E-state index in [0.29, 0.717) is 0 Å². The molecule has 2 aromatic heterocycles. The van der Waals surface area contributed by atoms with Crippen molar-refractivity contribution < 1.29 is 0 Å². The van der Waals surface area contributed by atoms with Crippen molar-refractivity contribution in [3.05, 3.63) is 200 Å². The van der Waals surface area contributed by atoms with Gasteiger partial charge in [0.15, 0.2) is 0 Å². The minimum atomic E-state index is 1.12. The molecule has 0 aliphatic heterocycles. The zero-order valence-corrected chi connectivity index (χ0v) is 31.7. The summed E-state index contributed by atoms with van der Waals surface area (Å²) in [6.07, 6.45) is 0. The summed E-state index contributed by atoms with van der Waals surface area (Å²) in [6, 6.07) is 73.3. The van der Waals surface area contributed by atoms with Crippen LogP contribution in [0.4, 0.5) is 17.1 Å². The van der Waals surface area contributed by atoms with Gasteiger partial charge in [-0.2, -0.15) is 0 Å². The zero-order valence-electron chi connectivity index (χ0n) is 30.9. The van der Waals surface area contributed by atoms with Crippen molar-refractivity contribution >= 4 is 70.2 Å². The lowest BCUT2D eigenvalue weighted by Crippen LogP contribution is -2.09. The number of H-pyrrole nitrogens is 1. The molecule has 12 rings (SSSR count). The Morgan fingerprint density at radius 3 is 1.79 bits per heavy atom. The summed E-state index contributed by atoms with van der Waals surface area (Å²) in [5, 5.41) is 6.53. The number of hydrogen-bond donors (Lipinski definition) is 1. The second-order valence-electron chi connectivity index (χ2n) is 15.0. The van der Waals surface area contributed by atoms with Gasteiger partial charge in [-0.3, -0.25) is 0 Å². The van der Waals surface area contributed by atoms with Crippen molar-refractivity contribution in [1.82, 2.24) is 4.98 Å². The van der Waals surface area contributed by atoms with Crippen LogP contribution in [0.3, 0.4) is 0 Å². The molecule has 0 atom stereocenters. The molecule has 57 heavy (non-hydrogen) atoms. The Bertz CT molecular complexity index is 3330. The van der Waals surface area contributed by atoms with Gasteiger partial charge in [-0.15, -0.1) is 11.3 Å². The monoisotopic (exact) mass is 742 g/mol. The number of rotatable bonds is 6. The van der Waals surface area contributed by atoms with E-state index in [1.807, 2.05) is 11.3 Å². The summed E-state index contributed by atoms with van der Waals surface area (Å²) in [6.45, 7) is 0. The summed E-state index contributed by atoms with van der Waals surface area (Å²) < 4.78 is 2.60. The van der Waals surface area contributed by atoms with Gasteiger partial charge in [0.25, 0.3) is 0 Å². The molecule has 1 aliphatic rings. The minimum Gasteiger partial charge on any atom is -0.354 e. The minimum absolute atomic E-state index is 1.12. The molecule has 0 unspecified atom stereocenters. The lowest BCUT2D eigenvalue weighted by Gasteiger charge is -2.26. The first-order valence-corrected chi connectivity index (χ1v) is 20.3. The number of aromatic nitrogens is 1. The lowest BCUT2D eigenvalue weighted by molar-refractivity contribution is 1.29. The third-order valence-electron chi connectivity index (χ3n) is 11.8. The Morgan fingerprint density at radius 2 is 0.965 bits per heavy atom. The number of thiophene rings is 1. The first-order valence-electron chi connectivity index (χ1n) is 19.5. The predicted molar refractivity (Wildman–Crippen MR) is 244 cm³/mol. The topological polar surface area (TPSA) is 19.0 Å². The molecule has 0 saturated heterocycles. The van der Waals surface area contributed by atoms with E-state index in [-0.39, 0.29) is 0 Å². The van der Waals surface area contributed by atoms with E-state index in [0.717, 1.165) is 17.1 Å². The third kappa shape index (κ3) is 5.17. The van der Waals surface area contributed by atoms with Gasteiger partial charge in [0.05, 0.1) is 5.69 Å². The molecular weight excluding hydrogens is 709 g/mol. The second-order valence-corrected chi connectivity index (χ2v) is 16.1. The molecule has 0 amide bonds. The molecule has 9 aromatic carbocycles. The molecule has 0 spiro atoms. The quantitative estimate of drug-likeness (QED) is 0.180. The number of aromatic amines is 1. The molecule has 0 bridgehead atoms. The highest BCUT2D eigenvalue weighted by molar-refractivity contribution is 7.25. The van der Waals surface area contributed by atoms with Gasteiger partial charge < -0.3 is 9.88 Å². The fraction of sp³-hybridized carbons (Fsp3) is 0. The third-order valence-corrected chi connectivity index (χ3v) is 12.9. The van der Waals surface area contributed by atoms with Crippen LogP contribution in [0.25, 0.3) is 97.6 Å². The van der Waals surface area contributed by atoms with Crippen LogP contribution in [0.2, 0.25) is 0 Å². The molecule has 2 heterocycles. The van der Waals surface area contributed by atoms with E-state index in [2.05, 4.69) is 210 Å². The number of anilines is 3. The van der Waals surface area contributed by atoms with Gasteiger partial charge in [0.1, 0.15) is 0 Å². The molecule has 0 saturated carbocycles. The van der Waals surface area contributed by atoms with Crippen LogP contribution in [-0.2, 0) is 0 Å². The molecule has 0 radical (unpaired) electrons. The maximum atomic E-state index is 3.75. The normalized spacial score (nSPS) is 11.9. The fourth-order valence-corrected chi connectivity index (χ4v) is 10.2. The van der Waals surface area contributed by atoms with Crippen molar-refractivity contribution in [2.75, 3.05) is 4.90 Å². The number of benzene rings is 9. The van der Waals surface area contributed by atoms with Crippen molar-refractivity contribution in [1.29, 1.82) is 0 Å². The van der Waals surface area contributed by atoms with E-state index in [4.69, 9.17) is 0 Å². The van der Waals surface area contributed by atoms with E-state index in [1.165, 1.54) is 97.6 Å². The van der Waals surface area contributed by atoms with E-state index in [9.17, 15) is 0 Å². The molecule has 3 heteroatoms. The molecule has 1 aliphatic carbocycles. The van der Waals surface area contributed by atoms with Crippen LogP contribution in [0, 0.1) is 0 Å². The van der Waals surface area contributed by atoms with Crippen molar-refractivity contribution in [2.24, 2.45) is 0 Å². The number of nitrogens with one attached hydrogen (secondary N) is 1. The highest BCUT2D eigenvalue weighted by Crippen LogP contribution is 2.50. The predicted octanol–water partition coefficient (Wildman–Crippen LogP) is 15.8. The molecule has 2 nitrogen and oxygen atoms in total. The molecule has 1 N–H and O–H groups in total. The Balaban J connectivity index is 0.914. The smallest absolute Gasteiger partial charge is 0.0551 e. The van der Waals surface area contributed by atoms with Crippen LogP contribution < -0.4 is 4.90 Å². The van der Waals surface area contributed by atoms with Crippen LogP contribution >= 0.6 is 11.3 Å². The zero-order chi connectivity index (χ0) is 37.5. The van der Waals surface area contributed by atoms with Gasteiger partial charge in [-0.05, 0) is 104 Å². The summed E-state index contributed by atoms with van der Waals surface area (Å²) >= 11 is 1.86. The van der Waals surface area contributed by atoms with Crippen molar-refractivity contribution in [3.8, 4) is 55.8 Å². The van der Waals surface area contributed by atoms with Crippen LogP contribution in [0.15, 0.2) is 200 Å². The summed E-state index contributed by atoms with van der Waals surface area (Å²) in [5.74, 6) is 0. The van der Waals surface area contributed by atoms with Gasteiger partial charge in [0, 0.05) is 59.3 Å². The average molecular weight is 743 g/mol. The van der Waals surface area contributed by atoms with E-state index < -0.39 is 0 Å². The van der Waals surface area contributed by atoms with Crippen molar-refractivity contribution in [3.63, 3.8) is 0 Å². The standard InChI is InChI=1S/C54H34N2S/c1-2-9-34(10-3-1)35-23-26-41(27-24-35)56(43-28-29-45-44-15-4-5-18-50(44)57-51(45)33-43)42-14-6-13-39(31-42)36-19-21-37(22-20-36)40-25-30-49-48(32-40)53-46-16-7-11-38-12-8-17-47(52(38)46)54(53)55-49/h1-33,55H. The highest BCUT2D eigenvalue weighted by atomic mass is 32.1. The largest absolute Gasteiger partial charge is 0.354 e. The highest BCUT2D eigenvalue weighted by Gasteiger charge is 2.25. The van der Waals surface area contributed by atoms with E-state index >= 15 is 0 Å². The number of fused-ring (bicyclic) bond motifs is 8. The Hall–Kier alpha value is -7.20. The average Bonchev–Trinajstić information content (AvgIpc) is 3.94. The summed E-state index contributed by atoms with van der Waals surface area (Å²) in [5.41, 5.74) is 16.9. The Kier molecular flexibility index (Phi) is 7.13. The first-order chi connectivity index (χ1) is 28.2. The fourth-order valence-electron chi connectivity index (χ4n) is 9.03. The van der Waals surface area contributed by atoms with Crippen LogP contribution in [0.5, 0.6) is 0 Å². The number of nitrogens with zero attached hydrogens (tertiary/aromatic N) is 1. The Labute approximate surface area is 334 Å². The lowest BCUT2D eigenvalue weighted by atomic mass is 9.97. The molecule has 11 aromatic rings. The summed E-state index contributed by atoms with van der Waals surface area (Å²) in [4.78, 5) is 6.14. The SMILES string of the molecule is c1ccc(-c2ccc(N(c3cccc(-c4ccc(-c5ccc6[nH]c7c(c6c5)-c5cccc6cccc-7c56)cc4)c3)c3ccc4c(c3)sc3ccccc34)cc2)cc1. The summed E-state index contributed by atoms with van der Waals surface area (Å²) in [7, 11) is 0. The maximum absolute atomic E-state index is 3.75. The Morgan fingerprint density at radius 1 is 0.368 bits per heavy atom. The van der Waals surface area contributed by atoms with Crippen LogP contribution in [0.1, 0.15) is 0 Å². The maximum Gasteiger partial charge on any atom is 0.0551 e. The van der Waals surface area contributed by atoms with E-state index in [1.54, 1.807) is 0 Å². The van der Waals surface area contributed by atoms with Gasteiger partial charge in [0.2, 0.25) is 0 Å². The number of hydrogen-bond acceptors (Lipinski definition) is 2. The second kappa shape index (κ2) is 12.7. The van der Waals surface area contributed by atoms with Gasteiger partial charge in [-0.25, -0.2) is 0 Å². The molecular formula is C54H34N2S.